The first-order valence-electron chi connectivity index (χ1n) is 8.78. The Morgan fingerprint density at radius 3 is 2.81 bits per heavy atom. The van der Waals surface area contributed by atoms with Crippen LogP contribution in [0.15, 0.2) is 54.9 Å². The molecule has 0 bridgehead atoms. The van der Waals surface area contributed by atoms with Gasteiger partial charge in [0.1, 0.15) is 12.4 Å². The highest BCUT2D eigenvalue weighted by molar-refractivity contribution is 5.76. The third-order valence-corrected chi connectivity index (χ3v) is 3.98. The van der Waals surface area contributed by atoms with Crippen LogP contribution in [0.2, 0.25) is 0 Å². The van der Waals surface area contributed by atoms with Gasteiger partial charge in [0.05, 0.1) is 24.2 Å². The van der Waals surface area contributed by atoms with Crippen molar-refractivity contribution in [1.29, 1.82) is 0 Å². The van der Waals surface area contributed by atoms with Crippen molar-refractivity contribution in [2.24, 2.45) is 0 Å². The molecule has 2 heterocycles. The molecular formula is C20H22N4O3. The van der Waals surface area contributed by atoms with Crippen LogP contribution in [0.5, 0.6) is 5.75 Å². The van der Waals surface area contributed by atoms with Crippen LogP contribution < -0.4 is 10.1 Å². The zero-order chi connectivity index (χ0) is 18.9. The monoisotopic (exact) mass is 366 g/mol. The molecule has 0 unspecified atom stereocenters. The average molecular weight is 366 g/mol. The number of hydrogen-bond acceptors (Lipinski definition) is 5. The lowest BCUT2D eigenvalue weighted by molar-refractivity contribution is -0.121. The van der Waals surface area contributed by atoms with Crippen molar-refractivity contribution in [2.75, 3.05) is 13.2 Å². The van der Waals surface area contributed by atoms with Gasteiger partial charge in [-0.15, -0.1) is 0 Å². The summed E-state index contributed by atoms with van der Waals surface area (Å²) in [7, 11) is 0. The van der Waals surface area contributed by atoms with Crippen LogP contribution in [0.4, 0.5) is 0 Å². The number of aromatic nitrogens is 3. The van der Waals surface area contributed by atoms with Crippen LogP contribution in [0, 0.1) is 0 Å². The minimum absolute atomic E-state index is 0.0453. The van der Waals surface area contributed by atoms with Gasteiger partial charge in [-0.2, -0.15) is 5.10 Å². The van der Waals surface area contributed by atoms with Crippen molar-refractivity contribution in [3.05, 3.63) is 66.0 Å². The number of nitrogens with zero attached hydrogens (tertiary/aromatic N) is 2. The summed E-state index contributed by atoms with van der Waals surface area (Å²) in [6.07, 6.45) is 4.41. The minimum Gasteiger partial charge on any atom is -0.487 e. The Labute approximate surface area is 157 Å². The van der Waals surface area contributed by atoms with E-state index in [1.807, 2.05) is 42.5 Å². The number of aliphatic hydroxyl groups is 1. The molecule has 0 radical (unpaired) electrons. The van der Waals surface area contributed by atoms with Crippen LogP contribution in [0.3, 0.4) is 0 Å². The summed E-state index contributed by atoms with van der Waals surface area (Å²) in [5.74, 6) is 0.626. The summed E-state index contributed by atoms with van der Waals surface area (Å²) in [6, 6.07) is 13.6. The minimum atomic E-state index is -0.0610. The van der Waals surface area contributed by atoms with Gasteiger partial charge in [-0.25, -0.2) is 0 Å². The van der Waals surface area contributed by atoms with E-state index in [0.29, 0.717) is 31.7 Å². The molecule has 3 N–H and O–H groups in total. The maximum absolute atomic E-state index is 11.6. The molecule has 0 saturated carbocycles. The Hall–Kier alpha value is -3.19. The van der Waals surface area contributed by atoms with Gasteiger partial charge >= 0.3 is 0 Å². The fourth-order valence-electron chi connectivity index (χ4n) is 2.61. The second-order valence-corrected chi connectivity index (χ2v) is 6.03. The average Bonchev–Trinajstić information content (AvgIpc) is 3.25. The maximum Gasteiger partial charge on any atom is 0.220 e. The predicted molar refractivity (Wildman–Crippen MR) is 101 cm³/mol. The Kier molecular flexibility index (Phi) is 6.54. The molecule has 1 aromatic carbocycles. The maximum atomic E-state index is 11.6. The van der Waals surface area contributed by atoms with Crippen LogP contribution >= 0.6 is 0 Å². The van der Waals surface area contributed by atoms with E-state index in [1.54, 1.807) is 12.4 Å². The topological polar surface area (TPSA) is 100 Å². The quantitative estimate of drug-likeness (QED) is 0.538. The Morgan fingerprint density at radius 1 is 1.19 bits per heavy atom. The van der Waals surface area contributed by atoms with Gasteiger partial charge in [-0.3, -0.25) is 14.9 Å². The Bertz CT molecular complexity index is 848. The number of pyridine rings is 1. The van der Waals surface area contributed by atoms with E-state index >= 15 is 0 Å². The number of amides is 1. The van der Waals surface area contributed by atoms with E-state index < -0.39 is 0 Å². The molecule has 0 fully saturated rings. The van der Waals surface area contributed by atoms with Crippen molar-refractivity contribution in [3.63, 3.8) is 0 Å². The highest BCUT2D eigenvalue weighted by atomic mass is 16.5. The smallest absolute Gasteiger partial charge is 0.220 e. The van der Waals surface area contributed by atoms with Crippen LogP contribution in [-0.4, -0.2) is 39.3 Å². The molecule has 0 aliphatic carbocycles. The second kappa shape index (κ2) is 9.49. The molecule has 7 heteroatoms. The number of carbonyl (C=O) groups is 1. The van der Waals surface area contributed by atoms with E-state index in [1.165, 1.54) is 0 Å². The van der Waals surface area contributed by atoms with Crippen molar-refractivity contribution < 1.29 is 14.6 Å². The first-order valence-corrected chi connectivity index (χ1v) is 8.78. The third-order valence-electron chi connectivity index (χ3n) is 3.98. The standard InChI is InChI=1S/C20H22N4O3/c25-11-10-21-20(26)7-4-15-2-1-3-16(12-15)14-27-17-5-6-18(22-13-17)19-8-9-23-24-19/h1-3,5-6,8-9,12-13,25H,4,7,10-11,14H2,(H,21,26)(H,23,24). The summed E-state index contributed by atoms with van der Waals surface area (Å²) in [5, 5.41) is 18.2. The van der Waals surface area contributed by atoms with E-state index in [9.17, 15) is 4.79 Å². The molecule has 3 aromatic rings. The lowest BCUT2D eigenvalue weighted by Crippen LogP contribution is -2.26. The molecule has 0 atom stereocenters. The molecule has 140 valence electrons. The molecule has 0 spiro atoms. The molecule has 7 nitrogen and oxygen atoms in total. The van der Waals surface area contributed by atoms with E-state index in [4.69, 9.17) is 9.84 Å². The zero-order valence-electron chi connectivity index (χ0n) is 14.9. The number of aliphatic hydroxyl groups excluding tert-OH is 1. The molecular weight excluding hydrogens is 344 g/mol. The Balaban J connectivity index is 1.51. The van der Waals surface area contributed by atoms with Crippen molar-refractivity contribution >= 4 is 5.91 Å². The van der Waals surface area contributed by atoms with Crippen molar-refractivity contribution in [2.45, 2.75) is 19.4 Å². The summed E-state index contributed by atoms with van der Waals surface area (Å²) < 4.78 is 5.80. The normalized spacial score (nSPS) is 10.6. The largest absolute Gasteiger partial charge is 0.487 e. The molecule has 27 heavy (non-hydrogen) atoms. The number of rotatable bonds is 9. The van der Waals surface area contributed by atoms with E-state index in [0.717, 1.165) is 22.5 Å². The predicted octanol–water partition coefficient (Wildman–Crippen LogP) is 2.09. The van der Waals surface area contributed by atoms with E-state index in [2.05, 4.69) is 20.5 Å². The van der Waals surface area contributed by atoms with Crippen LogP contribution in [-0.2, 0) is 17.8 Å². The van der Waals surface area contributed by atoms with Gasteiger partial charge in [-0.1, -0.05) is 24.3 Å². The molecule has 2 aromatic heterocycles. The van der Waals surface area contributed by atoms with Gasteiger partial charge in [0.15, 0.2) is 0 Å². The highest BCUT2D eigenvalue weighted by Gasteiger charge is 2.04. The number of nitrogens with one attached hydrogen (secondary N) is 2. The lowest BCUT2D eigenvalue weighted by Gasteiger charge is -2.08. The van der Waals surface area contributed by atoms with E-state index in [-0.39, 0.29) is 12.5 Å². The third kappa shape index (κ3) is 5.65. The molecule has 1 amide bonds. The first-order chi connectivity index (χ1) is 13.2. The summed E-state index contributed by atoms with van der Waals surface area (Å²) in [5.41, 5.74) is 3.77. The van der Waals surface area contributed by atoms with Crippen molar-refractivity contribution in [1.82, 2.24) is 20.5 Å². The highest BCUT2D eigenvalue weighted by Crippen LogP contribution is 2.18. The fourth-order valence-corrected chi connectivity index (χ4v) is 2.61. The SMILES string of the molecule is O=C(CCc1cccc(COc2ccc(-c3ccn[nH]3)nc2)c1)NCCO. The number of hydrogen-bond donors (Lipinski definition) is 3. The molecule has 0 aliphatic heterocycles. The fraction of sp³-hybridized carbons (Fsp3) is 0.250. The van der Waals surface area contributed by atoms with Crippen LogP contribution in [0.1, 0.15) is 17.5 Å². The number of aryl methyl sites for hydroxylation is 1. The summed E-state index contributed by atoms with van der Waals surface area (Å²) in [4.78, 5) is 16.0. The molecule has 0 aliphatic rings. The number of carbonyl (C=O) groups excluding carboxylic acids is 1. The van der Waals surface area contributed by atoms with Gasteiger partial charge in [0.2, 0.25) is 5.91 Å². The summed E-state index contributed by atoms with van der Waals surface area (Å²) in [6.45, 7) is 0.672. The van der Waals surface area contributed by atoms with Crippen molar-refractivity contribution in [3.8, 4) is 17.1 Å². The van der Waals surface area contributed by atoms with Crippen LogP contribution in [0.25, 0.3) is 11.4 Å². The second-order valence-electron chi connectivity index (χ2n) is 6.03. The van der Waals surface area contributed by atoms with Gasteiger partial charge in [0.25, 0.3) is 0 Å². The number of benzene rings is 1. The molecule has 3 rings (SSSR count). The first kappa shape index (κ1) is 18.6. The number of H-pyrrole nitrogens is 1. The Morgan fingerprint density at radius 2 is 2.07 bits per heavy atom. The summed E-state index contributed by atoms with van der Waals surface area (Å²) >= 11 is 0. The number of ether oxygens (including phenoxy) is 1. The van der Waals surface area contributed by atoms with Gasteiger partial charge in [-0.05, 0) is 35.7 Å². The van der Waals surface area contributed by atoms with Gasteiger partial charge < -0.3 is 15.2 Å². The number of aromatic amines is 1. The molecule has 0 saturated heterocycles. The zero-order valence-corrected chi connectivity index (χ0v) is 14.9. The lowest BCUT2D eigenvalue weighted by atomic mass is 10.1. The van der Waals surface area contributed by atoms with Gasteiger partial charge in [0, 0.05) is 19.2 Å².